The van der Waals surface area contributed by atoms with Crippen LogP contribution in [0, 0.1) is 0 Å². The summed E-state index contributed by atoms with van der Waals surface area (Å²) in [6.45, 7) is 0. The number of rotatable bonds is 6. The molecule has 0 bridgehead atoms. The maximum absolute atomic E-state index is 13.5. The highest BCUT2D eigenvalue weighted by molar-refractivity contribution is 7.91. The summed E-state index contributed by atoms with van der Waals surface area (Å²) in [5.74, 6) is 1.81. The lowest BCUT2D eigenvalue weighted by molar-refractivity contribution is 0.483. The number of sulfone groups is 1. The lowest BCUT2D eigenvalue weighted by Gasteiger charge is -2.14. The predicted octanol–water partition coefficient (Wildman–Crippen LogP) is 6.07. The van der Waals surface area contributed by atoms with Crippen LogP contribution in [-0.4, -0.2) is 32.7 Å². The van der Waals surface area contributed by atoms with E-state index in [1.165, 1.54) is 18.2 Å². The van der Waals surface area contributed by atoms with Gasteiger partial charge >= 0.3 is 0 Å². The smallest absolute Gasteiger partial charge is 0.225 e. The minimum Gasteiger partial charge on any atom is -0.457 e. The van der Waals surface area contributed by atoms with E-state index in [4.69, 9.17) is 27.9 Å². The van der Waals surface area contributed by atoms with Gasteiger partial charge in [-0.3, -0.25) is 5.10 Å². The summed E-state index contributed by atoms with van der Waals surface area (Å²) in [6.07, 6.45) is 0. The molecule has 4 aromatic rings. The summed E-state index contributed by atoms with van der Waals surface area (Å²) in [7, 11) is -0.423. The first-order chi connectivity index (χ1) is 15.3. The second-order valence-electron chi connectivity index (χ2n) is 7.16. The van der Waals surface area contributed by atoms with Gasteiger partial charge in [-0.25, -0.2) is 8.42 Å². The Morgan fingerprint density at radius 3 is 2.19 bits per heavy atom. The number of aromatic nitrogens is 2. The number of hydrogen-bond donors (Lipinski definition) is 1. The van der Waals surface area contributed by atoms with Crippen LogP contribution in [0.2, 0.25) is 10.0 Å². The van der Waals surface area contributed by atoms with Gasteiger partial charge in [0.25, 0.3) is 0 Å². The van der Waals surface area contributed by atoms with E-state index in [9.17, 15) is 8.42 Å². The summed E-state index contributed by atoms with van der Waals surface area (Å²) in [6, 6.07) is 20.8. The molecule has 1 N–H and O–H groups in total. The number of halogens is 2. The van der Waals surface area contributed by atoms with Gasteiger partial charge in [0.15, 0.2) is 10.8 Å². The van der Waals surface area contributed by atoms with Crippen LogP contribution in [-0.2, 0) is 9.84 Å². The highest BCUT2D eigenvalue weighted by Crippen LogP contribution is 2.39. The van der Waals surface area contributed by atoms with Crippen LogP contribution in [0.1, 0.15) is 0 Å². The minimum atomic E-state index is -4.00. The molecule has 0 fully saturated rings. The standard InChI is InChI=1S/C23H19Cl2N3O3S/c1-28(2)22-21(15-8-11-18(12-9-15)31-17-6-4-3-5-7-17)23(27-26-22)32(29,30)20-13-10-16(24)14-19(20)25/h3-14H,1-2H3,(H,26,27). The summed E-state index contributed by atoms with van der Waals surface area (Å²) in [4.78, 5) is 1.69. The molecular formula is C23H19Cl2N3O3S. The Morgan fingerprint density at radius 1 is 0.906 bits per heavy atom. The van der Waals surface area contributed by atoms with Crippen LogP contribution in [0.5, 0.6) is 11.5 Å². The fraction of sp³-hybridized carbons (Fsp3) is 0.0870. The number of benzene rings is 3. The molecule has 164 valence electrons. The topological polar surface area (TPSA) is 75.3 Å². The van der Waals surface area contributed by atoms with Crippen molar-refractivity contribution in [3.63, 3.8) is 0 Å². The van der Waals surface area contributed by atoms with E-state index >= 15 is 0 Å². The van der Waals surface area contributed by atoms with Crippen molar-refractivity contribution >= 4 is 38.9 Å². The van der Waals surface area contributed by atoms with E-state index < -0.39 is 9.84 Å². The average Bonchev–Trinajstić information content (AvgIpc) is 3.21. The van der Waals surface area contributed by atoms with Gasteiger partial charge < -0.3 is 9.64 Å². The maximum atomic E-state index is 13.5. The lowest BCUT2D eigenvalue weighted by Crippen LogP contribution is -2.11. The molecule has 1 heterocycles. The second kappa shape index (κ2) is 8.86. The van der Waals surface area contributed by atoms with Crippen molar-refractivity contribution in [2.24, 2.45) is 0 Å². The molecule has 0 unspecified atom stereocenters. The quantitative estimate of drug-likeness (QED) is 0.356. The molecule has 0 spiro atoms. The third-order valence-electron chi connectivity index (χ3n) is 4.71. The van der Waals surface area contributed by atoms with Gasteiger partial charge in [0.05, 0.1) is 15.5 Å². The van der Waals surface area contributed by atoms with E-state index in [1.54, 1.807) is 43.3 Å². The summed E-state index contributed by atoms with van der Waals surface area (Å²) in [5, 5.41) is 7.26. The Kier molecular flexibility index (Phi) is 6.15. The average molecular weight is 488 g/mol. The Bertz CT molecular complexity index is 1350. The SMILES string of the molecule is CN(C)c1n[nH]c(S(=O)(=O)c2ccc(Cl)cc2Cl)c1-c1ccc(Oc2ccccc2)cc1. The summed E-state index contributed by atoms with van der Waals surface area (Å²) >= 11 is 12.1. The van der Waals surface area contributed by atoms with Crippen molar-refractivity contribution in [1.82, 2.24) is 10.2 Å². The van der Waals surface area contributed by atoms with Gasteiger partial charge in [0.2, 0.25) is 9.84 Å². The Balaban J connectivity index is 1.78. The zero-order valence-corrected chi connectivity index (χ0v) is 19.5. The normalized spacial score (nSPS) is 11.4. The van der Waals surface area contributed by atoms with Crippen LogP contribution in [0.4, 0.5) is 5.82 Å². The number of aromatic amines is 1. The first-order valence-electron chi connectivity index (χ1n) is 9.56. The number of anilines is 1. The zero-order chi connectivity index (χ0) is 22.9. The van der Waals surface area contributed by atoms with Gasteiger partial charge in [-0.05, 0) is 48.0 Å². The lowest BCUT2D eigenvalue weighted by atomic mass is 10.1. The number of para-hydroxylation sites is 1. The van der Waals surface area contributed by atoms with Gasteiger partial charge in [-0.15, -0.1) is 0 Å². The van der Waals surface area contributed by atoms with Crippen molar-refractivity contribution in [1.29, 1.82) is 0 Å². The third-order valence-corrected chi connectivity index (χ3v) is 7.14. The van der Waals surface area contributed by atoms with E-state index in [-0.39, 0.29) is 14.9 Å². The van der Waals surface area contributed by atoms with Crippen molar-refractivity contribution in [3.8, 4) is 22.6 Å². The van der Waals surface area contributed by atoms with Gasteiger partial charge in [0.1, 0.15) is 11.5 Å². The Labute approximate surface area is 196 Å². The molecule has 3 aromatic carbocycles. The van der Waals surface area contributed by atoms with Crippen LogP contribution in [0.15, 0.2) is 82.7 Å². The molecule has 6 nitrogen and oxygen atoms in total. The molecule has 32 heavy (non-hydrogen) atoms. The van der Waals surface area contributed by atoms with Crippen molar-refractivity contribution < 1.29 is 13.2 Å². The molecule has 1 aromatic heterocycles. The molecule has 0 aliphatic rings. The highest BCUT2D eigenvalue weighted by atomic mass is 35.5. The first-order valence-corrected chi connectivity index (χ1v) is 11.8. The van der Waals surface area contributed by atoms with Crippen molar-refractivity contribution in [2.75, 3.05) is 19.0 Å². The highest BCUT2D eigenvalue weighted by Gasteiger charge is 2.30. The number of H-pyrrole nitrogens is 1. The van der Waals surface area contributed by atoms with Crippen LogP contribution in [0.25, 0.3) is 11.1 Å². The van der Waals surface area contributed by atoms with Gasteiger partial charge in [-0.2, -0.15) is 5.10 Å². The molecule has 4 rings (SSSR count). The van der Waals surface area contributed by atoms with Crippen molar-refractivity contribution in [2.45, 2.75) is 9.92 Å². The summed E-state index contributed by atoms with van der Waals surface area (Å²) in [5.41, 5.74) is 1.10. The molecule has 0 amide bonds. The predicted molar refractivity (Wildman–Crippen MR) is 127 cm³/mol. The van der Waals surface area contributed by atoms with Gasteiger partial charge in [0, 0.05) is 19.1 Å². The molecule has 0 saturated carbocycles. The Morgan fingerprint density at radius 2 is 1.56 bits per heavy atom. The third kappa shape index (κ3) is 4.32. The molecular weight excluding hydrogens is 469 g/mol. The zero-order valence-electron chi connectivity index (χ0n) is 17.2. The van der Waals surface area contributed by atoms with E-state index in [0.29, 0.717) is 33.5 Å². The molecule has 0 atom stereocenters. The monoisotopic (exact) mass is 487 g/mol. The molecule has 0 saturated heterocycles. The van der Waals surface area contributed by atoms with Crippen LogP contribution in [0.3, 0.4) is 0 Å². The number of hydrogen-bond acceptors (Lipinski definition) is 5. The van der Waals surface area contributed by atoms with E-state index in [0.717, 1.165) is 0 Å². The van der Waals surface area contributed by atoms with Gasteiger partial charge in [-0.1, -0.05) is 53.5 Å². The fourth-order valence-corrected chi connectivity index (χ4v) is 5.35. The number of nitrogens with zero attached hydrogens (tertiary/aromatic N) is 2. The first kappa shape index (κ1) is 22.2. The second-order valence-corrected chi connectivity index (χ2v) is 9.86. The van der Waals surface area contributed by atoms with Crippen molar-refractivity contribution in [3.05, 3.63) is 82.8 Å². The van der Waals surface area contributed by atoms with E-state index in [1.807, 2.05) is 30.3 Å². The minimum absolute atomic E-state index is 0.0380. The van der Waals surface area contributed by atoms with Crippen LogP contribution < -0.4 is 9.64 Å². The van der Waals surface area contributed by atoms with Crippen LogP contribution >= 0.6 is 23.2 Å². The fourth-order valence-electron chi connectivity index (χ4n) is 3.21. The molecule has 9 heteroatoms. The number of ether oxygens (including phenoxy) is 1. The maximum Gasteiger partial charge on any atom is 0.225 e. The Hall–Kier alpha value is -3.00. The van der Waals surface area contributed by atoms with E-state index in [2.05, 4.69) is 10.2 Å². The summed E-state index contributed by atoms with van der Waals surface area (Å²) < 4.78 is 32.8. The molecule has 0 aliphatic carbocycles. The molecule has 0 radical (unpaired) electrons. The largest absolute Gasteiger partial charge is 0.457 e. The number of nitrogens with one attached hydrogen (secondary N) is 1. The molecule has 0 aliphatic heterocycles.